The summed E-state index contributed by atoms with van der Waals surface area (Å²) in [7, 11) is 1.62. The van der Waals surface area contributed by atoms with Crippen LogP contribution in [0.1, 0.15) is 32.4 Å². The molecule has 2 aromatic heterocycles. The van der Waals surface area contributed by atoms with Crippen LogP contribution in [0.2, 0.25) is 0 Å². The monoisotopic (exact) mass is 385 g/mol. The quantitative estimate of drug-likeness (QED) is 0.523. The predicted octanol–water partition coefficient (Wildman–Crippen LogP) is 0.369. The number of hydrogen-bond acceptors (Lipinski definition) is 4. The fourth-order valence-electron chi connectivity index (χ4n) is 3.54. The number of quaternary nitrogens is 1. The van der Waals surface area contributed by atoms with Gasteiger partial charge in [-0.15, -0.1) is 0 Å². The zero-order valence-corrected chi connectivity index (χ0v) is 17.0. The van der Waals surface area contributed by atoms with E-state index in [0.717, 1.165) is 31.7 Å². The van der Waals surface area contributed by atoms with Crippen LogP contribution in [0.4, 0.5) is 5.95 Å². The molecule has 0 saturated carbocycles. The number of H-pyrrole nitrogens is 1. The van der Waals surface area contributed by atoms with E-state index in [1.165, 1.54) is 9.47 Å². The van der Waals surface area contributed by atoms with Crippen molar-refractivity contribution < 1.29 is 4.90 Å². The summed E-state index contributed by atoms with van der Waals surface area (Å²) in [6.45, 7) is 10.2. The van der Waals surface area contributed by atoms with Gasteiger partial charge in [0.2, 0.25) is 5.95 Å². The Morgan fingerprint density at radius 3 is 2.50 bits per heavy atom. The van der Waals surface area contributed by atoms with Gasteiger partial charge in [0.1, 0.15) is 0 Å². The van der Waals surface area contributed by atoms with Gasteiger partial charge in [-0.1, -0.05) is 30.3 Å². The summed E-state index contributed by atoms with van der Waals surface area (Å²) < 4.78 is 3.27. The zero-order valence-electron chi connectivity index (χ0n) is 17.0. The van der Waals surface area contributed by atoms with Crippen molar-refractivity contribution in [2.45, 2.75) is 26.8 Å². The summed E-state index contributed by atoms with van der Waals surface area (Å²) in [5.41, 5.74) is 0.960. The normalized spacial score (nSPS) is 12.6. The average Bonchev–Trinajstić information content (AvgIpc) is 3.09. The molecule has 150 valence electrons. The van der Waals surface area contributed by atoms with Gasteiger partial charge in [0.25, 0.3) is 5.56 Å². The molecule has 0 fully saturated rings. The minimum absolute atomic E-state index is 0.117. The van der Waals surface area contributed by atoms with E-state index in [9.17, 15) is 9.59 Å². The van der Waals surface area contributed by atoms with Crippen molar-refractivity contribution in [3.05, 3.63) is 56.7 Å². The lowest BCUT2D eigenvalue weighted by atomic mass is 10.1. The third kappa shape index (κ3) is 3.73. The molecule has 28 heavy (non-hydrogen) atoms. The van der Waals surface area contributed by atoms with E-state index in [0.29, 0.717) is 17.1 Å². The molecule has 0 aliphatic carbocycles. The molecule has 0 bridgehead atoms. The number of benzene rings is 1. The molecule has 8 nitrogen and oxygen atoms in total. The summed E-state index contributed by atoms with van der Waals surface area (Å²) in [6.07, 6.45) is 0. The van der Waals surface area contributed by atoms with Gasteiger partial charge >= 0.3 is 5.69 Å². The van der Waals surface area contributed by atoms with Crippen molar-refractivity contribution in [1.82, 2.24) is 19.1 Å². The highest BCUT2D eigenvalue weighted by Gasteiger charge is 2.22. The van der Waals surface area contributed by atoms with Crippen LogP contribution in [0.15, 0.2) is 39.9 Å². The highest BCUT2D eigenvalue weighted by atomic mass is 16.2. The second kappa shape index (κ2) is 8.43. The zero-order chi connectivity index (χ0) is 20.3. The highest BCUT2D eigenvalue weighted by molar-refractivity contribution is 5.74. The van der Waals surface area contributed by atoms with Crippen molar-refractivity contribution in [3.8, 4) is 0 Å². The third-order valence-electron chi connectivity index (χ3n) is 5.38. The van der Waals surface area contributed by atoms with Gasteiger partial charge < -0.3 is 10.2 Å². The molecular weight excluding hydrogens is 356 g/mol. The number of aryl methyl sites for hydroxylation is 1. The summed E-state index contributed by atoms with van der Waals surface area (Å²) in [4.78, 5) is 33.2. The Balaban J connectivity index is 2.09. The fourth-order valence-corrected chi connectivity index (χ4v) is 3.54. The van der Waals surface area contributed by atoms with Crippen LogP contribution in [0.5, 0.6) is 0 Å². The van der Waals surface area contributed by atoms with Crippen LogP contribution in [-0.4, -0.2) is 45.3 Å². The van der Waals surface area contributed by atoms with E-state index in [1.54, 1.807) is 7.05 Å². The van der Waals surface area contributed by atoms with Crippen molar-refractivity contribution >= 4 is 17.1 Å². The van der Waals surface area contributed by atoms with Gasteiger partial charge in [-0.2, -0.15) is 4.98 Å². The average molecular weight is 385 g/mol. The number of likely N-dealkylation sites (N-methyl/N-ethyl adjacent to an activating group) is 1. The van der Waals surface area contributed by atoms with Crippen LogP contribution >= 0.6 is 0 Å². The second-order valence-electron chi connectivity index (χ2n) is 7.02. The first-order chi connectivity index (χ1) is 13.5. The smallest absolute Gasteiger partial charge is 0.329 e. The molecule has 2 heterocycles. The SMILES string of the molecule is CC[NH+](CC)CCNc1nc2c(c(=O)[nH]c(=O)n2C)n1[C@H](C)c1ccccc1. The molecule has 8 heteroatoms. The molecule has 1 atom stereocenters. The first-order valence-electron chi connectivity index (χ1n) is 9.81. The van der Waals surface area contributed by atoms with Gasteiger partial charge in [-0.05, 0) is 26.3 Å². The van der Waals surface area contributed by atoms with Crippen LogP contribution < -0.4 is 21.5 Å². The molecule has 3 N–H and O–H groups in total. The molecule has 3 aromatic rings. The number of rotatable bonds is 8. The van der Waals surface area contributed by atoms with Crippen molar-refractivity contribution in [2.24, 2.45) is 7.05 Å². The summed E-state index contributed by atoms with van der Waals surface area (Å²) >= 11 is 0. The fraction of sp³-hybridized carbons (Fsp3) is 0.450. The molecule has 0 amide bonds. The van der Waals surface area contributed by atoms with Gasteiger partial charge in [0.15, 0.2) is 11.2 Å². The largest absolute Gasteiger partial charge is 0.350 e. The number of fused-ring (bicyclic) bond motifs is 1. The predicted molar refractivity (Wildman–Crippen MR) is 111 cm³/mol. The number of nitrogens with one attached hydrogen (secondary N) is 3. The lowest BCUT2D eigenvalue weighted by Crippen LogP contribution is -3.12. The summed E-state index contributed by atoms with van der Waals surface area (Å²) in [5, 5.41) is 3.39. The van der Waals surface area contributed by atoms with E-state index in [2.05, 4.69) is 29.1 Å². The first kappa shape index (κ1) is 19.9. The third-order valence-corrected chi connectivity index (χ3v) is 5.38. The van der Waals surface area contributed by atoms with Gasteiger partial charge in [-0.3, -0.25) is 18.9 Å². The topological polar surface area (TPSA) is 89.2 Å². The van der Waals surface area contributed by atoms with E-state index in [1.807, 2.05) is 41.8 Å². The Labute approximate surface area is 163 Å². The van der Waals surface area contributed by atoms with Crippen molar-refractivity contribution in [1.29, 1.82) is 0 Å². The molecule has 0 aliphatic rings. The van der Waals surface area contributed by atoms with Crippen LogP contribution in [0.25, 0.3) is 11.2 Å². The van der Waals surface area contributed by atoms with E-state index < -0.39 is 11.2 Å². The number of anilines is 1. The number of hydrogen-bond donors (Lipinski definition) is 3. The maximum atomic E-state index is 12.6. The number of nitrogens with zero attached hydrogens (tertiary/aromatic N) is 3. The molecule has 0 radical (unpaired) electrons. The number of aromatic amines is 1. The lowest BCUT2D eigenvalue weighted by Gasteiger charge is -2.19. The summed E-state index contributed by atoms with van der Waals surface area (Å²) in [5.74, 6) is 0.601. The highest BCUT2D eigenvalue weighted by Crippen LogP contribution is 2.26. The lowest BCUT2D eigenvalue weighted by molar-refractivity contribution is -0.894. The Morgan fingerprint density at radius 2 is 1.86 bits per heavy atom. The maximum Gasteiger partial charge on any atom is 0.329 e. The van der Waals surface area contributed by atoms with Gasteiger partial charge in [0.05, 0.1) is 32.2 Å². The minimum atomic E-state index is -0.464. The van der Waals surface area contributed by atoms with E-state index >= 15 is 0 Å². The minimum Gasteiger partial charge on any atom is -0.350 e. The summed E-state index contributed by atoms with van der Waals surface area (Å²) in [6, 6.07) is 9.84. The standard InChI is InChI=1S/C20H28N6O2/c1-5-25(6-2)13-12-21-19-22-17-16(18(27)23-20(28)24(17)4)26(19)14(3)15-10-8-7-9-11-15/h7-11,14H,5-6,12-13H2,1-4H3,(H,21,22)(H,23,27,28)/p+1/t14-/m1/s1. The van der Waals surface area contributed by atoms with Crippen molar-refractivity contribution in [3.63, 3.8) is 0 Å². The molecular formula is C20H29N6O2+. The Hall–Kier alpha value is -2.87. The Morgan fingerprint density at radius 1 is 1.18 bits per heavy atom. The molecule has 0 spiro atoms. The number of aromatic nitrogens is 4. The Kier molecular flexibility index (Phi) is 5.99. The molecule has 3 rings (SSSR count). The molecule has 0 aliphatic heterocycles. The van der Waals surface area contributed by atoms with E-state index in [-0.39, 0.29) is 6.04 Å². The van der Waals surface area contributed by atoms with Crippen LogP contribution in [0, 0.1) is 0 Å². The molecule has 0 saturated heterocycles. The van der Waals surface area contributed by atoms with E-state index in [4.69, 9.17) is 0 Å². The maximum absolute atomic E-state index is 12.6. The Bertz CT molecular complexity index is 1050. The van der Waals surface area contributed by atoms with Gasteiger partial charge in [0, 0.05) is 7.05 Å². The van der Waals surface area contributed by atoms with Crippen LogP contribution in [-0.2, 0) is 7.05 Å². The van der Waals surface area contributed by atoms with Crippen LogP contribution in [0.3, 0.4) is 0 Å². The molecule has 1 aromatic carbocycles. The van der Waals surface area contributed by atoms with Gasteiger partial charge in [-0.25, -0.2) is 4.79 Å². The van der Waals surface area contributed by atoms with Crippen molar-refractivity contribution in [2.75, 3.05) is 31.5 Å². The molecule has 0 unspecified atom stereocenters. The number of imidazole rings is 1. The first-order valence-corrected chi connectivity index (χ1v) is 9.81. The second-order valence-corrected chi connectivity index (χ2v) is 7.02.